The number of likely N-dealkylation sites (tertiary alicyclic amines) is 1. The molecule has 0 spiro atoms. The number of halogens is 3. The van der Waals surface area contributed by atoms with Crippen molar-refractivity contribution >= 4 is 11.6 Å². The first kappa shape index (κ1) is 20.2. The van der Waals surface area contributed by atoms with Gasteiger partial charge in [-0.3, -0.25) is 4.79 Å². The van der Waals surface area contributed by atoms with E-state index in [0.717, 1.165) is 23.4 Å². The van der Waals surface area contributed by atoms with Crippen molar-refractivity contribution in [2.24, 2.45) is 0 Å². The van der Waals surface area contributed by atoms with E-state index in [1.165, 1.54) is 19.2 Å². The normalized spacial score (nSPS) is 17.5. The molecule has 30 heavy (non-hydrogen) atoms. The van der Waals surface area contributed by atoms with Crippen LogP contribution in [0.15, 0.2) is 18.3 Å². The third kappa shape index (κ3) is 3.61. The van der Waals surface area contributed by atoms with Crippen LogP contribution in [-0.2, 0) is 6.18 Å². The molecular weight excluding hydrogens is 397 g/mol. The Morgan fingerprint density at radius 3 is 2.60 bits per heavy atom. The van der Waals surface area contributed by atoms with Gasteiger partial charge in [0.1, 0.15) is 11.5 Å². The molecule has 1 atom stereocenters. The number of rotatable bonds is 2. The Morgan fingerprint density at radius 1 is 1.13 bits per heavy atom. The van der Waals surface area contributed by atoms with Crippen LogP contribution in [-0.4, -0.2) is 41.9 Å². The highest BCUT2D eigenvalue weighted by atomic mass is 19.4. The maximum absolute atomic E-state index is 13.5. The van der Waals surface area contributed by atoms with Crippen molar-refractivity contribution in [1.82, 2.24) is 29.5 Å². The molecule has 1 aliphatic rings. The maximum atomic E-state index is 13.5. The number of carbonyl (C=O) groups is 1. The third-order valence-electron chi connectivity index (χ3n) is 5.30. The zero-order valence-electron chi connectivity index (χ0n) is 16.9. The minimum absolute atomic E-state index is 0.116. The summed E-state index contributed by atoms with van der Waals surface area (Å²) < 4.78 is 41.3. The van der Waals surface area contributed by atoms with Gasteiger partial charge in [-0.2, -0.15) is 18.3 Å². The summed E-state index contributed by atoms with van der Waals surface area (Å²) in [6, 6.07) is 2.08. The van der Waals surface area contributed by atoms with Crippen molar-refractivity contribution in [3.05, 3.63) is 52.5 Å². The Kier molecular flexibility index (Phi) is 4.95. The van der Waals surface area contributed by atoms with E-state index in [1.54, 1.807) is 18.7 Å². The number of aromatic nitrogens is 5. The van der Waals surface area contributed by atoms with Crippen LogP contribution in [0.5, 0.6) is 0 Å². The Bertz CT molecular complexity index is 1120. The fraction of sp³-hybridized carbons (Fsp3) is 0.450. The topological polar surface area (TPSA) is 76.3 Å². The summed E-state index contributed by atoms with van der Waals surface area (Å²) in [5.74, 6) is 0.329. The molecular formula is C20H21F3N6O. The van der Waals surface area contributed by atoms with Crippen molar-refractivity contribution in [3.8, 4) is 0 Å². The molecule has 4 heterocycles. The van der Waals surface area contributed by atoms with E-state index in [1.807, 2.05) is 0 Å². The zero-order valence-corrected chi connectivity index (χ0v) is 16.9. The first-order chi connectivity index (χ1) is 14.1. The molecule has 3 aromatic heterocycles. The van der Waals surface area contributed by atoms with Crippen LogP contribution >= 0.6 is 0 Å². The quantitative estimate of drug-likeness (QED) is 0.632. The highest BCUT2D eigenvalue weighted by molar-refractivity contribution is 5.95. The van der Waals surface area contributed by atoms with Crippen LogP contribution < -0.4 is 0 Å². The number of aryl methyl sites for hydroxylation is 3. The highest BCUT2D eigenvalue weighted by Crippen LogP contribution is 2.34. The van der Waals surface area contributed by atoms with E-state index in [0.29, 0.717) is 35.7 Å². The lowest BCUT2D eigenvalue weighted by atomic mass is 9.98. The van der Waals surface area contributed by atoms with E-state index >= 15 is 0 Å². The Balaban J connectivity index is 1.76. The van der Waals surface area contributed by atoms with Gasteiger partial charge >= 0.3 is 6.18 Å². The van der Waals surface area contributed by atoms with E-state index in [-0.39, 0.29) is 17.2 Å². The summed E-state index contributed by atoms with van der Waals surface area (Å²) in [6.45, 7) is 5.49. The number of hydrogen-bond acceptors (Lipinski definition) is 5. The van der Waals surface area contributed by atoms with Gasteiger partial charge in [-0.1, -0.05) is 0 Å². The van der Waals surface area contributed by atoms with Crippen LogP contribution in [0.1, 0.15) is 64.3 Å². The third-order valence-corrected chi connectivity index (χ3v) is 5.30. The number of nitrogens with zero attached hydrogens (tertiary/aromatic N) is 6. The number of fused-ring (bicyclic) bond motifs is 1. The maximum Gasteiger partial charge on any atom is 0.433 e. The number of piperidine rings is 1. The van der Waals surface area contributed by atoms with Gasteiger partial charge in [-0.25, -0.2) is 19.5 Å². The second kappa shape index (κ2) is 7.33. The summed E-state index contributed by atoms with van der Waals surface area (Å²) >= 11 is 0. The lowest BCUT2D eigenvalue weighted by Gasteiger charge is -2.35. The van der Waals surface area contributed by atoms with Crippen LogP contribution in [0.25, 0.3) is 5.65 Å². The molecule has 158 valence electrons. The molecule has 1 amide bonds. The summed E-state index contributed by atoms with van der Waals surface area (Å²) in [5.41, 5.74) is 0.852. The summed E-state index contributed by atoms with van der Waals surface area (Å²) in [7, 11) is 0. The van der Waals surface area contributed by atoms with Crippen molar-refractivity contribution in [2.75, 3.05) is 6.54 Å². The molecule has 0 saturated carbocycles. The van der Waals surface area contributed by atoms with Gasteiger partial charge < -0.3 is 4.90 Å². The van der Waals surface area contributed by atoms with E-state index < -0.39 is 17.9 Å². The highest BCUT2D eigenvalue weighted by Gasteiger charge is 2.36. The molecule has 0 unspecified atom stereocenters. The van der Waals surface area contributed by atoms with Crippen molar-refractivity contribution in [3.63, 3.8) is 0 Å². The molecule has 4 rings (SSSR count). The van der Waals surface area contributed by atoms with Gasteiger partial charge in [0.05, 0.1) is 23.0 Å². The number of alkyl halides is 3. The van der Waals surface area contributed by atoms with Gasteiger partial charge in [-0.15, -0.1) is 0 Å². The molecule has 1 aliphatic heterocycles. The molecule has 10 heteroatoms. The van der Waals surface area contributed by atoms with E-state index in [9.17, 15) is 18.0 Å². The predicted molar refractivity (Wildman–Crippen MR) is 102 cm³/mol. The second-order valence-electron chi connectivity index (χ2n) is 7.55. The van der Waals surface area contributed by atoms with Crippen molar-refractivity contribution in [2.45, 2.75) is 52.3 Å². The lowest BCUT2D eigenvalue weighted by molar-refractivity contribution is -0.142. The van der Waals surface area contributed by atoms with Gasteiger partial charge in [0.25, 0.3) is 5.91 Å². The molecule has 0 radical (unpaired) electrons. The lowest BCUT2D eigenvalue weighted by Crippen LogP contribution is -2.39. The zero-order chi connectivity index (χ0) is 21.6. The van der Waals surface area contributed by atoms with Crippen LogP contribution in [0.4, 0.5) is 13.2 Å². The molecule has 1 fully saturated rings. The molecule has 1 saturated heterocycles. The fourth-order valence-electron chi connectivity index (χ4n) is 3.91. The average Bonchev–Trinajstić information content (AvgIpc) is 3.09. The molecule has 3 aromatic rings. The molecule has 0 aromatic carbocycles. The summed E-state index contributed by atoms with van der Waals surface area (Å²) in [5, 5.41) is 4.22. The SMILES string of the molecule is Cc1cc(C(F)(F)F)n2nc([C@H]3CCCCN3C(=O)c3cnc(C)nc3C)cc2n1. The Labute approximate surface area is 171 Å². The van der Waals surface area contributed by atoms with Crippen molar-refractivity contribution < 1.29 is 18.0 Å². The Morgan fingerprint density at radius 2 is 1.90 bits per heavy atom. The average molecular weight is 418 g/mol. The second-order valence-corrected chi connectivity index (χ2v) is 7.55. The van der Waals surface area contributed by atoms with Gasteiger partial charge in [0.15, 0.2) is 5.65 Å². The number of amides is 1. The molecule has 0 bridgehead atoms. The van der Waals surface area contributed by atoms with Crippen molar-refractivity contribution in [1.29, 1.82) is 0 Å². The van der Waals surface area contributed by atoms with Gasteiger partial charge in [0, 0.05) is 24.5 Å². The minimum atomic E-state index is -4.56. The molecule has 0 aliphatic carbocycles. The van der Waals surface area contributed by atoms with Gasteiger partial charge in [0.2, 0.25) is 0 Å². The molecule has 0 N–H and O–H groups in total. The number of carbonyl (C=O) groups excluding carboxylic acids is 1. The monoisotopic (exact) mass is 418 g/mol. The summed E-state index contributed by atoms with van der Waals surface area (Å²) in [6.07, 6.45) is -0.784. The fourth-order valence-corrected chi connectivity index (χ4v) is 3.91. The van der Waals surface area contributed by atoms with E-state index in [4.69, 9.17) is 0 Å². The van der Waals surface area contributed by atoms with Crippen LogP contribution in [0.2, 0.25) is 0 Å². The largest absolute Gasteiger partial charge is 0.433 e. The number of hydrogen-bond donors (Lipinski definition) is 0. The predicted octanol–water partition coefficient (Wildman–Crippen LogP) is 3.83. The Hall–Kier alpha value is -3.04. The minimum Gasteiger partial charge on any atom is -0.330 e. The van der Waals surface area contributed by atoms with Crippen LogP contribution in [0.3, 0.4) is 0 Å². The standard InChI is InChI=1S/C20H21F3N6O/c1-11-8-17(20(21,22)23)29-18(25-11)9-15(27-29)16-6-4-5-7-28(16)19(30)14-10-24-13(3)26-12(14)2/h8-10,16H,4-7H2,1-3H3/t16-/m1/s1. The van der Waals surface area contributed by atoms with Crippen LogP contribution in [0, 0.1) is 20.8 Å². The van der Waals surface area contributed by atoms with Gasteiger partial charge in [-0.05, 0) is 46.1 Å². The first-order valence-electron chi connectivity index (χ1n) is 9.71. The first-order valence-corrected chi connectivity index (χ1v) is 9.71. The summed E-state index contributed by atoms with van der Waals surface area (Å²) in [4.78, 5) is 27.5. The smallest absolute Gasteiger partial charge is 0.330 e. The van der Waals surface area contributed by atoms with E-state index in [2.05, 4.69) is 20.1 Å². The molecule has 7 nitrogen and oxygen atoms in total.